The van der Waals surface area contributed by atoms with Crippen molar-refractivity contribution in [2.24, 2.45) is 0 Å². The van der Waals surface area contributed by atoms with E-state index in [2.05, 4.69) is 21.2 Å². The van der Waals surface area contributed by atoms with Crippen molar-refractivity contribution in [3.05, 3.63) is 87.9 Å². The molecule has 0 aliphatic heterocycles. The molecule has 1 amide bonds. The lowest BCUT2D eigenvalue weighted by molar-refractivity contribution is -0.114. The zero-order valence-electron chi connectivity index (χ0n) is 15.5. The standard InChI is InChI=1S/C21H18BrClN2O3S/c1-15-13-17(9-12-20(15)22)24-21(26)14-25(18-5-3-2-4-6-18)29(27,28)19-10-7-16(23)8-11-19/h2-13H,14H2,1H3,(H,24,26). The van der Waals surface area contributed by atoms with Crippen LogP contribution in [-0.4, -0.2) is 20.9 Å². The molecule has 3 rings (SSSR count). The van der Waals surface area contributed by atoms with E-state index in [4.69, 9.17) is 11.6 Å². The maximum absolute atomic E-state index is 13.2. The van der Waals surface area contributed by atoms with Gasteiger partial charge in [-0.25, -0.2) is 8.42 Å². The van der Waals surface area contributed by atoms with Crippen LogP contribution in [-0.2, 0) is 14.8 Å². The molecule has 0 heterocycles. The van der Waals surface area contributed by atoms with E-state index in [0.29, 0.717) is 16.4 Å². The highest BCUT2D eigenvalue weighted by molar-refractivity contribution is 9.10. The zero-order chi connectivity index (χ0) is 21.0. The van der Waals surface area contributed by atoms with E-state index >= 15 is 0 Å². The lowest BCUT2D eigenvalue weighted by atomic mass is 10.2. The minimum atomic E-state index is -3.97. The molecule has 0 aliphatic carbocycles. The number of nitrogens with zero attached hydrogens (tertiary/aromatic N) is 1. The molecule has 0 saturated heterocycles. The average molecular weight is 494 g/mol. The summed E-state index contributed by atoms with van der Waals surface area (Å²) in [4.78, 5) is 12.7. The molecule has 0 atom stereocenters. The Balaban J connectivity index is 1.91. The fourth-order valence-electron chi connectivity index (χ4n) is 2.70. The van der Waals surface area contributed by atoms with E-state index in [-0.39, 0.29) is 11.4 Å². The van der Waals surface area contributed by atoms with Gasteiger partial charge in [-0.2, -0.15) is 0 Å². The Bertz CT molecular complexity index is 1120. The Labute approximate surface area is 183 Å². The normalized spacial score (nSPS) is 11.1. The Morgan fingerprint density at radius 2 is 1.69 bits per heavy atom. The van der Waals surface area contributed by atoms with Gasteiger partial charge < -0.3 is 5.32 Å². The van der Waals surface area contributed by atoms with Gasteiger partial charge in [-0.15, -0.1) is 0 Å². The van der Waals surface area contributed by atoms with Crippen LogP contribution in [0.4, 0.5) is 11.4 Å². The number of hydrogen-bond donors (Lipinski definition) is 1. The molecule has 8 heteroatoms. The van der Waals surface area contributed by atoms with Crippen molar-refractivity contribution in [2.75, 3.05) is 16.2 Å². The van der Waals surface area contributed by atoms with Gasteiger partial charge in [0.15, 0.2) is 0 Å². The second-order valence-electron chi connectivity index (χ2n) is 6.31. The molecule has 0 saturated carbocycles. The topological polar surface area (TPSA) is 66.5 Å². The van der Waals surface area contributed by atoms with Crippen molar-refractivity contribution >= 4 is 54.8 Å². The highest BCUT2D eigenvalue weighted by atomic mass is 79.9. The number of carbonyl (C=O) groups is 1. The monoisotopic (exact) mass is 492 g/mol. The molecule has 0 radical (unpaired) electrons. The highest BCUT2D eigenvalue weighted by Gasteiger charge is 2.27. The van der Waals surface area contributed by atoms with Crippen LogP contribution in [0, 0.1) is 6.92 Å². The highest BCUT2D eigenvalue weighted by Crippen LogP contribution is 2.25. The number of anilines is 2. The summed E-state index contributed by atoms with van der Waals surface area (Å²) in [5, 5.41) is 3.19. The van der Waals surface area contributed by atoms with Crippen LogP contribution in [0.2, 0.25) is 5.02 Å². The third-order valence-electron chi connectivity index (χ3n) is 4.17. The summed E-state index contributed by atoms with van der Waals surface area (Å²) in [6.45, 7) is 1.53. The van der Waals surface area contributed by atoms with Crippen molar-refractivity contribution < 1.29 is 13.2 Å². The number of halogens is 2. The second-order valence-corrected chi connectivity index (χ2v) is 9.47. The van der Waals surface area contributed by atoms with Crippen molar-refractivity contribution in [3.8, 4) is 0 Å². The van der Waals surface area contributed by atoms with Gasteiger partial charge >= 0.3 is 0 Å². The van der Waals surface area contributed by atoms with E-state index in [1.54, 1.807) is 36.4 Å². The average Bonchev–Trinajstić information content (AvgIpc) is 2.70. The lowest BCUT2D eigenvalue weighted by Crippen LogP contribution is -2.38. The van der Waals surface area contributed by atoms with Crippen LogP contribution >= 0.6 is 27.5 Å². The number of hydrogen-bond acceptors (Lipinski definition) is 3. The molecular weight excluding hydrogens is 476 g/mol. The predicted octanol–water partition coefficient (Wildman–Crippen LogP) is 5.24. The van der Waals surface area contributed by atoms with Crippen LogP contribution in [0.5, 0.6) is 0 Å². The maximum Gasteiger partial charge on any atom is 0.264 e. The molecule has 3 aromatic rings. The predicted molar refractivity (Wildman–Crippen MR) is 120 cm³/mol. The number of carbonyl (C=O) groups excluding carboxylic acids is 1. The number of benzene rings is 3. The SMILES string of the molecule is Cc1cc(NC(=O)CN(c2ccccc2)S(=O)(=O)c2ccc(Cl)cc2)ccc1Br. The summed E-state index contributed by atoms with van der Waals surface area (Å²) >= 11 is 9.29. The molecule has 5 nitrogen and oxygen atoms in total. The Kier molecular flexibility index (Phi) is 6.62. The van der Waals surface area contributed by atoms with Crippen LogP contribution < -0.4 is 9.62 Å². The van der Waals surface area contributed by atoms with Gasteiger partial charge in [-0.3, -0.25) is 9.10 Å². The van der Waals surface area contributed by atoms with Crippen molar-refractivity contribution in [3.63, 3.8) is 0 Å². The third-order valence-corrected chi connectivity index (χ3v) is 7.10. The van der Waals surface area contributed by atoms with E-state index < -0.39 is 15.9 Å². The molecule has 3 aromatic carbocycles. The van der Waals surface area contributed by atoms with Gasteiger partial charge in [0.1, 0.15) is 6.54 Å². The molecule has 0 fully saturated rings. The lowest BCUT2D eigenvalue weighted by Gasteiger charge is -2.24. The minimum Gasteiger partial charge on any atom is -0.325 e. The fraction of sp³-hybridized carbons (Fsp3) is 0.0952. The smallest absolute Gasteiger partial charge is 0.264 e. The van der Waals surface area contributed by atoms with Gasteiger partial charge in [-0.05, 0) is 67.1 Å². The molecule has 0 unspecified atom stereocenters. The largest absolute Gasteiger partial charge is 0.325 e. The quantitative estimate of drug-likeness (QED) is 0.510. The molecule has 1 N–H and O–H groups in total. The summed E-state index contributed by atoms with van der Waals surface area (Å²) < 4.78 is 28.5. The Morgan fingerprint density at radius 3 is 2.31 bits per heavy atom. The number of amides is 1. The van der Waals surface area contributed by atoms with Crippen molar-refractivity contribution in [2.45, 2.75) is 11.8 Å². The first-order valence-corrected chi connectivity index (χ1v) is 11.3. The van der Waals surface area contributed by atoms with Gasteiger partial charge in [0.05, 0.1) is 10.6 Å². The number of rotatable bonds is 6. The number of para-hydroxylation sites is 1. The number of nitrogens with one attached hydrogen (secondary N) is 1. The first-order chi connectivity index (χ1) is 13.8. The molecule has 150 valence electrons. The summed E-state index contributed by atoms with van der Waals surface area (Å²) in [5.41, 5.74) is 1.94. The fourth-order valence-corrected chi connectivity index (χ4v) is 4.49. The van der Waals surface area contributed by atoms with E-state index in [1.807, 2.05) is 19.1 Å². The Morgan fingerprint density at radius 1 is 1.03 bits per heavy atom. The van der Waals surface area contributed by atoms with Crippen molar-refractivity contribution in [1.82, 2.24) is 0 Å². The first kappa shape index (κ1) is 21.4. The van der Waals surface area contributed by atoms with Gasteiger partial charge in [-0.1, -0.05) is 45.7 Å². The Hall–Kier alpha value is -2.35. The van der Waals surface area contributed by atoms with Crippen LogP contribution in [0.3, 0.4) is 0 Å². The van der Waals surface area contributed by atoms with Crippen LogP contribution in [0.1, 0.15) is 5.56 Å². The van der Waals surface area contributed by atoms with Crippen LogP contribution in [0.25, 0.3) is 0 Å². The molecule has 0 bridgehead atoms. The zero-order valence-corrected chi connectivity index (χ0v) is 18.6. The summed E-state index contributed by atoms with van der Waals surface area (Å²) in [5.74, 6) is -0.451. The summed E-state index contributed by atoms with van der Waals surface area (Å²) in [6, 6.07) is 19.7. The first-order valence-electron chi connectivity index (χ1n) is 8.67. The van der Waals surface area contributed by atoms with Crippen molar-refractivity contribution in [1.29, 1.82) is 0 Å². The van der Waals surface area contributed by atoms with Gasteiger partial charge in [0.25, 0.3) is 10.0 Å². The number of sulfonamides is 1. The molecule has 29 heavy (non-hydrogen) atoms. The minimum absolute atomic E-state index is 0.0537. The van der Waals surface area contributed by atoms with E-state index in [1.165, 1.54) is 24.3 Å². The number of aryl methyl sites for hydroxylation is 1. The summed E-state index contributed by atoms with van der Waals surface area (Å²) in [6.07, 6.45) is 0. The van der Waals surface area contributed by atoms with E-state index in [9.17, 15) is 13.2 Å². The molecule has 0 aromatic heterocycles. The van der Waals surface area contributed by atoms with Crippen LogP contribution in [0.15, 0.2) is 82.2 Å². The second kappa shape index (κ2) is 8.98. The van der Waals surface area contributed by atoms with Gasteiger partial charge in [0, 0.05) is 15.2 Å². The summed E-state index contributed by atoms with van der Waals surface area (Å²) in [7, 11) is -3.97. The maximum atomic E-state index is 13.2. The van der Waals surface area contributed by atoms with Gasteiger partial charge in [0.2, 0.25) is 5.91 Å². The van der Waals surface area contributed by atoms with E-state index in [0.717, 1.165) is 14.3 Å². The molecule has 0 spiro atoms. The molecule has 0 aliphatic rings. The third kappa shape index (κ3) is 5.18. The molecular formula is C21H18BrClN2O3S.